The second kappa shape index (κ2) is 43.5. The molecule has 0 bridgehead atoms. The Kier molecular flexibility index (Phi) is 42.0. The second-order valence-corrected chi connectivity index (χ2v) is 15.1. The van der Waals surface area contributed by atoms with E-state index >= 15 is 0 Å². The maximum atomic E-state index is 12.2. The van der Waals surface area contributed by atoms with Gasteiger partial charge in [0.15, 0.2) is 6.10 Å². The summed E-state index contributed by atoms with van der Waals surface area (Å²) in [5.74, 6) is -0.640. The first-order valence-corrected chi connectivity index (χ1v) is 22.5. The third-order valence-electron chi connectivity index (χ3n) is 9.88. The molecule has 5 heteroatoms. The van der Waals surface area contributed by atoms with E-state index in [4.69, 9.17) is 9.47 Å². The second-order valence-electron chi connectivity index (χ2n) is 15.1. The summed E-state index contributed by atoms with van der Waals surface area (Å²) < 4.78 is 10.6. The van der Waals surface area contributed by atoms with Crippen molar-refractivity contribution in [3.05, 3.63) is 36.5 Å². The molecule has 0 aliphatic heterocycles. The van der Waals surface area contributed by atoms with Crippen LogP contribution in [0.4, 0.5) is 0 Å². The zero-order valence-electron chi connectivity index (χ0n) is 34.6. The van der Waals surface area contributed by atoms with Gasteiger partial charge in [-0.3, -0.25) is 9.59 Å². The molecule has 0 aromatic heterocycles. The molecular weight excluding hydrogens is 645 g/mol. The monoisotopic (exact) mass is 731 g/mol. The van der Waals surface area contributed by atoms with Crippen molar-refractivity contribution in [1.29, 1.82) is 0 Å². The minimum atomic E-state index is -0.792. The van der Waals surface area contributed by atoms with E-state index in [1.165, 1.54) is 161 Å². The van der Waals surface area contributed by atoms with Crippen molar-refractivity contribution < 1.29 is 24.2 Å². The molecule has 0 rings (SSSR count). The molecule has 0 aliphatic rings. The quantitative estimate of drug-likeness (QED) is 0.0385. The molecule has 1 atom stereocenters. The highest BCUT2D eigenvalue weighted by Gasteiger charge is 2.16. The Hall–Kier alpha value is -1.88. The van der Waals surface area contributed by atoms with Crippen LogP contribution in [0.5, 0.6) is 0 Å². The highest BCUT2D eigenvalue weighted by molar-refractivity contribution is 5.70. The van der Waals surface area contributed by atoms with E-state index < -0.39 is 6.10 Å². The van der Waals surface area contributed by atoms with Crippen LogP contribution in [0, 0.1) is 0 Å². The van der Waals surface area contributed by atoms with Gasteiger partial charge < -0.3 is 14.6 Å². The molecule has 0 heterocycles. The van der Waals surface area contributed by atoms with Crippen LogP contribution in [0.15, 0.2) is 36.5 Å². The number of rotatable bonds is 41. The van der Waals surface area contributed by atoms with E-state index in [0.29, 0.717) is 19.3 Å². The van der Waals surface area contributed by atoms with Gasteiger partial charge in [0, 0.05) is 12.8 Å². The largest absolute Gasteiger partial charge is 0.462 e. The number of aliphatic hydroxyl groups excluding tert-OH is 1. The predicted molar refractivity (Wildman–Crippen MR) is 224 cm³/mol. The lowest BCUT2D eigenvalue weighted by molar-refractivity contribution is -0.161. The predicted octanol–water partition coefficient (Wildman–Crippen LogP) is 14.4. The van der Waals surface area contributed by atoms with Crippen LogP contribution >= 0.6 is 0 Å². The summed E-state index contributed by atoms with van der Waals surface area (Å²) in [6.07, 6.45) is 53.7. The maximum Gasteiger partial charge on any atom is 0.306 e. The fraction of sp³-hybridized carbons (Fsp3) is 0.830. The third kappa shape index (κ3) is 40.9. The van der Waals surface area contributed by atoms with Crippen molar-refractivity contribution in [2.75, 3.05) is 13.2 Å². The average Bonchev–Trinajstić information content (AvgIpc) is 3.15. The molecule has 1 N–H and O–H groups in total. The first-order valence-electron chi connectivity index (χ1n) is 22.5. The molecule has 0 aromatic carbocycles. The van der Waals surface area contributed by atoms with Crippen molar-refractivity contribution in [2.24, 2.45) is 0 Å². The zero-order chi connectivity index (χ0) is 37.8. The molecule has 0 radical (unpaired) electrons. The molecule has 0 aliphatic carbocycles. The Bertz CT molecular complexity index is 832. The highest BCUT2D eigenvalue weighted by atomic mass is 16.6. The Morgan fingerprint density at radius 1 is 0.423 bits per heavy atom. The summed E-state index contributed by atoms with van der Waals surface area (Å²) in [4.78, 5) is 24.3. The molecule has 304 valence electrons. The van der Waals surface area contributed by atoms with Gasteiger partial charge in [-0.15, -0.1) is 0 Å². The number of esters is 2. The molecular formula is C47H86O5. The normalized spacial score (nSPS) is 12.4. The fourth-order valence-corrected chi connectivity index (χ4v) is 6.45. The Morgan fingerprint density at radius 3 is 1.17 bits per heavy atom. The zero-order valence-corrected chi connectivity index (χ0v) is 34.6. The van der Waals surface area contributed by atoms with Gasteiger partial charge in [-0.1, -0.05) is 185 Å². The van der Waals surface area contributed by atoms with Crippen molar-refractivity contribution in [3.63, 3.8) is 0 Å². The fourth-order valence-electron chi connectivity index (χ4n) is 6.45. The molecule has 0 aromatic rings. The number of ether oxygens (including phenoxy) is 2. The first-order chi connectivity index (χ1) is 25.6. The summed E-state index contributed by atoms with van der Waals surface area (Å²) in [6, 6.07) is 0. The van der Waals surface area contributed by atoms with E-state index in [9.17, 15) is 14.7 Å². The molecule has 0 amide bonds. The van der Waals surface area contributed by atoms with Crippen molar-refractivity contribution in [3.8, 4) is 0 Å². The van der Waals surface area contributed by atoms with E-state index in [2.05, 4.69) is 50.3 Å². The first kappa shape index (κ1) is 50.1. The number of hydrogen-bond donors (Lipinski definition) is 1. The molecule has 5 nitrogen and oxygen atoms in total. The number of carbonyl (C=O) groups is 2. The van der Waals surface area contributed by atoms with Gasteiger partial charge in [-0.25, -0.2) is 0 Å². The summed E-state index contributed by atoms with van der Waals surface area (Å²) in [6.45, 7) is 4.11. The minimum absolute atomic E-state index is 0.0823. The molecule has 0 unspecified atom stereocenters. The van der Waals surface area contributed by atoms with Gasteiger partial charge >= 0.3 is 11.9 Å². The Balaban J connectivity index is 3.56. The van der Waals surface area contributed by atoms with Crippen molar-refractivity contribution >= 4 is 11.9 Å². The van der Waals surface area contributed by atoms with Crippen LogP contribution in [0.25, 0.3) is 0 Å². The van der Waals surface area contributed by atoms with Crippen LogP contribution in [-0.4, -0.2) is 36.4 Å². The number of aliphatic hydroxyl groups is 1. The van der Waals surface area contributed by atoms with Crippen LogP contribution in [0.1, 0.15) is 232 Å². The lowest BCUT2D eigenvalue weighted by Crippen LogP contribution is -2.28. The van der Waals surface area contributed by atoms with Gasteiger partial charge in [-0.05, 0) is 70.6 Å². The SMILES string of the molecule is CCCCCC/C=C/CCCCCCCCCC(=O)OC[C@H](CO)OC(=O)CCC/C=C/CC/C=C/CCCCCCCCCCCCCCCC. The number of hydrogen-bond acceptors (Lipinski definition) is 5. The average molecular weight is 731 g/mol. The number of unbranched alkanes of at least 4 members (excludes halogenated alkanes) is 27. The van der Waals surface area contributed by atoms with E-state index in [1.807, 2.05) is 0 Å². The Labute approximate surface area is 323 Å². The third-order valence-corrected chi connectivity index (χ3v) is 9.88. The number of carbonyl (C=O) groups excluding carboxylic acids is 2. The summed E-state index contributed by atoms with van der Waals surface area (Å²) in [5.41, 5.74) is 0. The van der Waals surface area contributed by atoms with Gasteiger partial charge in [0.1, 0.15) is 6.61 Å². The van der Waals surface area contributed by atoms with Crippen molar-refractivity contribution in [1.82, 2.24) is 0 Å². The molecule has 0 spiro atoms. The van der Waals surface area contributed by atoms with E-state index in [1.54, 1.807) is 0 Å². The van der Waals surface area contributed by atoms with Crippen LogP contribution in [-0.2, 0) is 19.1 Å². The van der Waals surface area contributed by atoms with E-state index in [0.717, 1.165) is 38.5 Å². The Morgan fingerprint density at radius 2 is 0.750 bits per heavy atom. The molecule has 0 saturated carbocycles. The standard InChI is InChI=1S/C47H86O5/c1-3-5-7-9-11-13-15-17-19-20-21-22-23-24-25-26-28-30-32-34-36-38-40-42-47(50)52-45(43-48)44-51-46(49)41-39-37-35-33-31-29-27-18-16-14-12-10-8-6-4-2/h14,16,26,28,34,36,45,48H,3-13,15,17-25,27,29-33,35,37-44H2,1-2H3/b16-14+,28-26+,36-34+/t45-/m0/s1. The smallest absolute Gasteiger partial charge is 0.306 e. The molecule has 52 heavy (non-hydrogen) atoms. The molecule has 0 saturated heterocycles. The van der Waals surface area contributed by atoms with Crippen LogP contribution < -0.4 is 0 Å². The van der Waals surface area contributed by atoms with Gasteiger partial charge in [0.25, 0.3) is 0 Å². The maximum absolute atomic E-state index is 12.2. The van der Waals surface area contributed by atoms with Crippen LogP contribution in [0.3, 0.4) is 0 Å². The summed E-state index contributed by atoms with van der Waals surface area (Å²) >= 11 is 0. The lowest BCUT2D eigenvalue weighted by Gasteiger charge is -2.15. The molecule has 0 fully saturated rings. The van der Waals surface area contributed by atoms with Crippen LogP contribution in [0.2, 0.25) is 0 Å². The number of allylic oxidation sites excluding steroid dienone is 6. The van der Waals surface area contributed by atoms with Gasteiger partial charge in [0.2, 0.25) is 0 Å². The minimum Gasteiger partial charge on any atom is -0.462 e. The summed E-state index contributed by atoms with van der Waals surface area (Å²) in [5, 5.41) is 9.57. The van der Waals surface area contributed by atoms with Gasteiger partial charge in [0.05, 0.1) is 6.61 Å². The van der Waals surface area contributed by atoms with E-state index in [-0.39, 0.29) is 25.2 Å². The topological polar surface area (TPSA) is 72.8 Å². The van der Waals surface area contributed by atoms with Gasteiger partial charge in [-0.2, -0.15) is 0 Å². The highest BCUT2D eigenvalue weighted by Crippen LogP contribution is 2.14. The van der Waals surface area contributed by atoms with Crippen molar-refractivity contribution in [2.45, 2.75) is 238 Å². The summed E-state index contributed by atoms with van der Waals surface area (Å²) in [7, 11) is 0. The lowest BCUT2D eigenvalue weighted by atomic mass is 10.0.